The Morgan fingerprint density at radius 2 is 1.65 bits per heavy atom. The molecular weight excluding hydrogens is 302 g/mol. The molecule has 0 spiro atoms. The molecule has 94 valence electrons. The van der Waals surface area contributed by atoms with Crippen molar-refractivity contribution in [1.82, 2.24) is 0 Å². The molecule has 0 atom stereocenters. The van der Waals surface area contributed by atoms with Gasteiger partial charge in [-0.3, -0.25) is 4.79 Å². The third-order valence-electron chi connectivity index (χ3n) is 2.84. The van der Waals surface area contributed by atoms with Crippen molar-refractivity contribution in [3.05, 3.63) is 31.7 Å². The van der Waals surface area contributed by atoms with Crippen LogP contribution in [0.3, 0.4) is 0 Å². The third kappa shape index (κ3) is 2.90. The molecule has 0 amide bonds. The van der Waals surface area contributed by atoms with Crippen molar-refractivity contribution in [3.8, 4) is 0 Å². The molecule has 1 aromatic rings. The average Bonchev–Trinajstić information content (AvgIpc) is 2.26. The number of Topliss-reactive ketones (excluding diaryl/α,β-unsaturated/α-hetero) is 1. The Labute approximate surface area is 121 Å². The fourth-order valence-electron chi connectivity index (χ4n) is 1.27. The Morgan fingerprint density at radius 1 is 1.12 bits per heavy atom. The van der Waals surface area contributed by atoms with E-state index in [-0.39, 0.29) is 31.4 Å². The number of ketones is 1. The highest BCUT2D eigenvalue weighted by atomic mass is 35.5. The van der Waals surface area contributed by atoms with Crippen molar-refractivity contribution in [2.24, 2.45) is 5.41 Å². The van der Waals surface area contributed by atoms with Crippen LogP contribution in [0.15, 0.2) is 6.07 Å². The lowest BCUT2D eigenvalue weighted by molar-refractivity contribution is 0.0833. The van der Waals surface area contributed by atoms with Crippen LogP contribution in [0.1, 0.15) is 37.6 Å². The molecule has 0 N–H and O–H groups in total. The molecule has 0 aromatic heterocycles. The van der Waals surface area contributed by atoms with Gasteiger partial charge in [-0.2, -0.15) is 0 Å². The smallest absolute Gasteiger partial charge is 0.171 e. The van der Waals surface area contributed by atoms with Crippen LogP contribution in [0.4, 0.5) is 0 Å². The third-order valence-corrected chi connectivity index (χ3v) is 4.40. The molecule has 0 aliphatic heterocycles. The number of halogens is 4. The van der Waals surface area contributed by atoms with Gasteiger partial charge in [-0.25, -0.2) is 0 Å². The Bertz CT molecular complexity index is 466. The van der Waals surface area contributed by atoms with Gasteiger partial charge in [-0.05, 0) is 12.5 Å². The molecule has 0 unspecified atom stereocenters. The molecule has 17 heavy (non-hydrogen) atoms. The fraction of sp³-hybridized carbons (Fsp3) is 0.417. The number of benzene rings is 1. The number of carbonyl (C=O) groups is 1. The van der Waals surface area contributed by atoms with Gasteiger partial charge in [-0.1, -0.05) is 67.2 Å². The van der Waals surface area contributed by atoms with Crippen molar-refractivity contribution in [3.63, 3.8) is 0 Å². The topological polar surface area (TPSA) is 17.1 Å². The summed E-state index contributed by atoms with van der Waals surface area (Å²) >= 11 is 23.8. The summed E-state index contributed by atoms with van der Waals surface area (Å²) in [5, 5.41) is 0.757. The van der Waals surface area contributed by atoms with Crippen LogP contribution in [0.5, 0.6) is 0 Å². The summed E-state index contributed by atoms with van der Waals surface area (Å²) in [6, 6.07) is 1.44. The first kappa shape index (κ1) is 15.1. The Morgan fingerprint density at radius 3 is 2.12 bits per heavy atom. The number of hydrogen-bond donors (Lipinski definition) is 0. The van der Waals surface area contributed by atoms with Crippen LogP contribution in [0.2, 0.25) is 20.1 Å². The van der Waals surface area contributed by atoms with Gasteiger partial charge in [0.15, 0.2) is 5.78 Å². The van der Waals surface area contributed by atoms with Gasteiger partial charge < -0.3 is 0 Å². The van der Waals surface area contributed by atoms with E-state index in [0.717, 1.165) is 0 Å². The number of hydrogen-bond acceptors (Lipinski definition) is 1. The van der Waals surface area contributed by atoms with Gasteiger partial charge in [0.25, 0.3) is 0 Å². The Hall–Kier alpha value is 0.0500. The summed E-state index contributed by atoms with van der Waals surface area (Å²) in [7, 11) is 0. The summed E-state index contributed by atoms with van der Waals surface area (Å²) in [4.78, 5) is 12.3. The monoisotopic (exact) mass is 312 g/mol. The summed E-state index contributed by atoms with van der Waals surface area (Å²) in [6.07, 6.45) is 0.679. The zero-order valence-corrected chi connectivity index (χ0v) is 12.7. The lowest BCUT2D eigenvalue weighted by Gasteiger charge is -2.22. The van der Waals surface area contributed by atoms with E-state index in [1.807, 2.05) is 20.8 Å². The maximum absolute atomic E-state index is 12.3. The summed E-state index contributed by atoms with van der Waals surface area (Å²) in [6.45, 7) is 5.60. The SMILES string of the molecule is CCC(C)(C)C(=O)c1c(Cl)cc(Cl)c(Cl)c1Cl. The predicted octanol–water partition coefficient (Wildman–Crippen LogP) is 5.92. The Kier molecular flexibility index (Phi) is 4.76. The van der Waals surface area contributed by atoms with E-state index in [4.69, 9.17) is 46.4 Å². The number of carbonyl (C=O) groups excluding carboxylic acids is 1. The zero-order valence-electron chi connectivity index (χ0n) is 9.70. The maximum atomic E-state index is 12.3. The zero-order chi connectivity index (χ0) is 13.4. The molecule has 0 fully saturated rings. The maximum Gasteiger partial charge on any atom is 0.171 e. The first-order valence-corrected chi connectivity index (χ1v) is 6.61. The van der Waals surface area contributed by atoms with Crippen LogP contribution in [-0.4, -0.2) is 5.78 Å². The number of rotatable bonds is 3. The van der Waals surface area contributed by atoms with E-state index < -0.39 is 5.41 Å². The molecule has 0 aliphatic rings. The molecule has 1 nitrogen and oxygen atoms in total. The second kappa shape index (κ2) is 5.36. The lowest BCUT2D eigenvalue weighted by Crippen LogP contribution is -2.24. The van der Waals surface area contributed by atoms with Crippen molar-refractivity contribution in [2.45, 2.75) is 27.2 Å². The quantitative estimate of drug-likeness (QED) is 0.384. The minimum Gasteiger partial charge on any atom is -0.293 e. The minimum atomic E-state index is -0.537. The van der Waals surface area contributed by atoms with E-state index in [1.165, 1.54) is 6.07 Å². The van der Waals surface area contributed by atoms with E-state index in [2.05, 4.69) is 0 Å². The van der Waals surface area contributed by atoms with E-state index in [1.54, 1.807) is 0 Å². The van der Waals surface area contributed by atoms with Crippen molar-refractivity contribution in [1.29, 1.82) is 0 Å². The lowest BCUT2D eigenvalue weighted by atomic mass is 9.82. The van der Waals surface area contributed by atoms with Crippen LogP contribution in [-0.2, 0) is 0 Å². The van der Waals surface area contributed by atoms with Crippen LogP contribution >= 0.6 is 46.4 Å². The highest BCUT2D eigenvalue weighted by molar-refractivity contribution is 6.51. The summed E-state index contributed by atoms with van der Waals surface area (Å²) in [5.74, 6) is -0.131. The molecule has 0 saturated heterocycles. The second-order valence-electron chi connectivity index (χ2n) is 4.41. The van der Waals surface area contributed by atoms with Crippen molar-refractivity contribution >= 4 is 52.2 Å². The highest BCUT2D eigenvalue weighted by Crippen LogP contribution is 2.40. The molecule has 0 bridgehead atoms. The van der Waals surface area contributed by atoms with Crippen molar-refractivity contribution < 1.29 is 4.79 Å². The molecule has 1 rings (SSSR count). The Balaban J connectivity index is 3.43. The summed E-state index contributed by atoms with van der Waals surface area (Å²) < 4.78 is 0. The largest absolute Gasteiger partial charge is 0.293 e. The molecule has 0 saturated carbocycles. The van der Waals surface area contributed by atoms with Gasteiger partial charge in [0, 0.05) is 5.41 Å². The van der Waals surface area contributed by atoms with Gasteiger partial charge in [-0.15, -0.1) is 0 Å². The fourth-order valence-corrected chi connectivity index (χ4v) is 2.36. The minimum absolute atomic E-state index is 0.121. The molecule has 0 radical (unpaired) electrons. The highest BCUT2D eigenvalue weighted by Gasteiger charge is 2.31. The first-order chi connectivity index (χ1) is 7.72. The van der Waals surface area contributed by atoms with Gasteiger partial charge in [0.05, 0.1) is 25.7 Å². The molecule has 5 heteroatoms. The van der Waals surface area contributed by atoms with Crippen LogP contribution in [0, 0.1) is 5.41 Å². The standard InChI is InChI=1S/C12H12Cl4O/c1-4-12(2,3)11(17)8-6(13)5-7(14)9(15)10(8)16/h5H,4H2,1-3H3. The van der Waals surface area contributed by atoms with Crippen LogP contribution < -0.4 is 0 Å². The van der Waals surface area contributed by atoms with E-state index in [9.17, 15) is 4.79 Å². The predicted molar refractivity (Wildman–Crippen MR) is 74.9 cm³/mol. The van der Waals surface area contributed by atoms with Gasteiger partial charge in [0.2, 0.25) is 0 Å². The van der Waals surface area contributed by atoms with Crippen molar-refractivity contribution in [2.75, 3.05) is 0 Å². The van der Waals surface area contributed by atoms with Gasteiger partial charge >= 0.3 is 0 Å². The first-order valence-electron chi connectivity index (χ1n) is 5.10. The molecular formula is C12H12Cl4O. The molecule has 0 heterocycles. The normalized spacial score (nSPS) is 11.7. The second-order valence-corrected chi connectivity index (χ2v) is 5.98. The van der Waals surface area contributed by atoms with Crippen LogP contribution in [0.25, 0.3) is 0 Å². The summed E-state index contributed by atoms with van der Waals surface area (Å²) in [5.41, 5.74) is -0.292. The van der Waals surface area contributed by atoms with E-state index in [0.29, 0.717) is 6.42 Å². The molecule has 0 aliphatic carbocycles. The molecule has 1 aromatic carbocycles. The average molecular weight is 314 g/mol. The van der Waals surface area contributed by atoms with Gasteiger partial charge in [0.1, 0.15) is 0 Å². The van der Waals surface area contributed by atoms with E-state index >= 15 is 0 Å².